The topological polar surface area (TPSA) is 114 Å². The predicted molar refractivity (Wildman–Crippen MR) is 111 cm³/mol. The molecule has 4 heterocycles. The van der Waals surface area contributed by atoms with Crippen LogP contribution in [-0.4, -0.2) is 45.9 Å². The summed E-state index contributed by atoms with van der Waals surface area (Å²) in [7, 11) is -3.68. The number of pyridine rings is 1. The Morgan fingerprint density at radius 1 is 1.17 bits per heavy atom. The van der Waals surface area contributed by atoms with Crippen molar-refractivity contribution < 1.29 is 12.9 Å². The fraction of sp³-hybridized carbons (Fsp3) is 0.400. The van der Waals surface area contributed by atoms with Crippen molar-refractivity contribution in [2.45, 2.75) is 44.4 Å². The number of sulfonamides is 1. The van der Waals surface area contributed by atoms with Crippen LogP contribution in [0.15, 0.2) is 40.0 Å². The Morgan fingerprint density at radius 2 is 1.93 bits per heavy atom. The number of aryl methyl sites for hydroxylation is 3. The van der Waals surface area contributed by atoms with Crippen molar-refractivity contribution in [2.24, 2.45) is 0 Å². The minimum Gasteiger partial charge on any atom is -0.360 e. The second-order valence-electron chi connectivity index (χ2n) is 7.47. The van der Waals surface area contributed by atoms with Crippen LogP contribution in [0, 0.1) is 20.8 Å². The first-order chi connectivity index (χ1) is 14.3. The van der Waals surface area contributed by atoms with E-state index in [0.717, 1.165) is 29.9 Å². The van der Waals surface area contributed by atoms with Gasteiger partial charge in [-0.05, 0) is 51.8 Å². The molecule has 1 aliphatic heterocycles. The lowest BCUT2D eigenvalue weighted by molar-refractivity contribution is 0.312. The Kier molecular flexibility index (Phi) is 5.52. The second kappa shape index (κ2) is 8.11. The van der Waals surface area contributed by atoms with Crippen LogP contribution in [0.2, 0.25) is 0 Å². The zero-order valence-electron chi connectivity index (χ0n) is 17.2. The maximum Gasteiger partial charge on any atom is 0.248 e. The largest absolute Gasteiger partial charge is 0.360 e. The van der Waals surface area contributed by atoms with Gasteiger partial charge in [0, 0.05) is 48.5 Å². The van der Waals surface area contributed by atoms with Crippen molar-refractivity contribution in [3.63, 3.8) is 0 Å². The molecule has 10 heteroatoms. The van der Waals surface area contributed by atoms with Gasteiger partial charge in [-0.2, -0.15) is 4.31 Å². The van der Waals surface area contributed by atoms with Crippen LogP contribution in [-0.2, 0) is 10.0 Å². The number of hydrogen-bond acceptors (Lipinski definition) is 8. The average Bonchev–Trinajstić information content (AvgIpc) is 3.07. The molecule has 3 aromatic rings. The lowest BCUT2D eigenvalue weighted by atomic mass is 9.95. The van der Waals surface area contributed by atoms with Gasteiger partial charge in [0.05, 0.1) is 0 Å². The molecule has 0 bridgehead atoms. The SMILES string of the molecule is Cc1cc(Nc2ncccn2)cc([C@@H]2CCCN(S(=O)(=O)c3c(C)noc3C)C2)n1. The lowest BCUT2D eigenvalue weighted by Crippen LogP contribution is -2.39. The van der Waals surface area contributed by atoms with Crippen LogP contribution in [0.3, 0.4) is 0 Å². The molecule has 158 valence electrons. The molecule has 0 amide bonds. The molecule has 1 saturated heterocycles. The molecule has 4 rings (SSSR count). The highest BCUT2D eigenvalue weighted by Crippen LogP contribution is 2.32. The Balaban J connectivity index is 1.59. The molecule has 0 unspecified atom stereocenters. The summed E-state index contributed by atoms with van der Waals surface area (Å²) in [5, 5.41) is 6.99. The molecule has 9 nitrogen and oxygen atoms in total. The van der Waals surface area contributed by atoms with Crippen molar-refractivity contribution in [1.82, 2.24) is 24.4 Å². The summed E-state index contributed by atoms with van der Waals surface area (Å²) in [4.78, 5) is 13.2. The van der Waals surface area contributed by atoms with Gasteiger partial charge in [-0.15, -0.1) is 0 Å². The quantitative estimate of drug-likeness (QED) is 0.659. The molecule has 1 N–H and O–H groups in total. The molecule has 0 aliphatic carbocycles. The van der Waals surface area contributed by atoms with E-state index in [0.29, 0.717) is 30.5 Å². The number of nitrogens with zero attached hydrogens (tertiary/aromatic N) is 5. The highest BCUT2D eigenvalue weighted by molar-refractivity contribution is 7.89. The molecular weight excluding hydrogens is 404 g/mol. The number of piperidine rings is 1. The number of anilines is 2. The van der Waals surface area contributed by atoms with Gasteiger partial charge < -0.3 is 9.84 Å². The fourth-order valence-corrected chi connectivity index (χ4v) is 5.66. The summed E-state index contributed by atoms with van der Waals surface area (Å²) in [6.45, 7) is 6.03. The van der Waals surface area contributed by atoms with Crippen LogP contribution >= 0.6 is 0 Å². The average molecular weight is 429 g/mol. The summed E-state index contributed by atoms with van der Waals surface area (Å²) >= 11 is 0. The second-order valence-corrected chi connectivity index (χ2v) is 9.35. The molecule has 0 saturated carbocycles. The van der Waals surface area contributed by atoms with Gasteiger partial charge in [0.15, 0.2) is 5.76 Å². The van der Waals surface area contributed by atoms with Gasteiger partial charge in [-0.25, -0.2) is 18.4 Å². The van der Waals surface area contributed by atoms with Crippen molar-refractivity contribution in [2.75, 3.05) is 18.4 Å². The summed E-state index contributed by atoms with van der Waals surface area (Å²) in [5.41, 5.74) is 2.91. The Hall–Kier alpha value is -2.85. The van der Waals surface area contributed by atoms with Gasteiger partial charge in [-0.3, -0.25) is 4.98 Å². The smallest absolute Gasteiger partial charge is 0.248 e. The molecular formula is C20H24N6O3S. The van der Waals surface area contributed by atoms with E-state index in [2.05, 4.69) is 25.4 Å². The van der Waals surface area contributed by atoms with Crippen LogP contribution in [0.1, 0.15) is 41.6 Å². The summed E-state index contributed by atoms with van der Waals surface area (Å²) in [6, 6.07) is 5.62. The third-order valence-corrected chi connectivity index (χ3v) is 7.27. The number of nitrogens with one attached hydrogen (secondary N) is 1. The normalized spacial score (nSPS) is 17.8. The Morgan fingerprint density at radius 3 is 2.63 bits per heavy atom. The van der Waals surface area contributed by atoms with E-state index in [4.69, 9.17) is 4.52 Å². The van der Waals surface area contributed by atoms with Crippen molar-refractivity contribution >= 4 is 21.7 Å². The first kappa shape index (κ1) is 20.4. The maximum atomic E-state index is 13.2. The van der Waals surface area contributed by atoms with Crippen LogP contribution < -0.4 is 5.32 Å². The van der Waals surface area contributed by atoms with Gasteiger partial charge in [0.2, 0.25) is 16.0 Å². The highest BCUT2D eigenvalue weighted by atomic mass is 32.2. The van der Waals surface area contributed by atoms with Gasteiger partial charge in [0.1, 0.15) is 10.6 Å². The van der Waals surface area contributed by atoms with Crippen LogP contribution in [0.5, 0.6) is 0 Å². The third kappa shape index (κ3) is 4.05. The van der Waals surface area contributed by atoms with E-state index in [1.165, 1.54) is 4.31 Å². The summed E-state index contributed by atoms with van der Waals surface area (Å²) in [5.74, 6) is 0.809. The molecule has 1 atom stereocenters. The predicted octanol–water partition coefficient (Wildman–Crippen LogP) is 3.10. The van der Waals surface area contributed by atoms with E-state index in [1.54, 1.807) is 32.3 Å². The minimum absolute atomic E-state index is 0.00820. The zero-order valence-corrected chi connectivity index (χ0v) is 18.0. The highest BCUT2D eigenvalue weighted by Gasteiger charge is 2.35. The Bertz CT molecular complexity index is 1130. The first-order valence-corrected chi connectivity index (χ1v) is 11.2. The van der Waals surface area contributed by atoms with Gasteiger partial charge in [0.25, 0.3) is 0 Å². The van der Waals surface area contributed by atoms with E-state index in [-0.39, 0.29) is 10.8 Å². The van der Waals surface area contributed by atoms with Crippen molar-refractivity contribution in [3.05, 3.63) is 53.4 Å². The first-order valence-electron chi connectivity index (χ1n) is 9.80. The van der Waals surface area contributed by atoms with Crippen molar-refractivity contribution in [3.8, 4) is 0 Å². The lowest BCUT2D eigenvalue weighted by Gasteiger charge is -2.31. The standard InChI is InChI=1S/C20H24N6O3S/c1-13-10-17(24-20-21-7-5-8-22-20)11-18(23-13)16-6-4-9-26(12-16)30(27,28)19-14(2)25-29-15(19)3/h5,7-8,10-11,16H,4,6,9,12H2,1-3H3,(H,21,22,23,24)/t16-/m1/s1. The molecule has 0 aromatic carbocycles. The van der Waals surface area contributed by atoms with Crippen molar-refractivity contribution in [1.29, 1.82) is 0 Å². The molecule has 30 heavy (non-hydrogen) atoms. The van der Waals surface area contributed by atoms with E-state index < -0.39 is 10.0 Å². The maximum absolute atomic E-state index is 13.2. The molecule has 1 fully saturated rings. The van der Waals surface area contributed by atoms with Gasteiger partial charge in [-0.1, -0.05) is 5.16 Å². The minimum atomic E-state index is -3.68. The monoisotopic (exact) mass is 428 g/mol. The third-order valence-electron chi connectivity index (χ3n) is 5.16. The fourth-order valence-electron chi connectivity index (χ4n) is 3.84. The van der Waals surface area contributed by atoms with E-state index >= 15 is 0 Å². The van der Waals surface area contributed by atoms with Gasteiger partial charge >= 0.3 is 0 Å². The van der Waals surface area contributed by atoms with Crippen LogP contribution in [0.25, 0.3) is 0 Å². The Labute approximate surface area is 175 Å². The number of aromatic nitrogens is 4. The summed E-state index contributed by atoms with van der Waals surface area (Å²) in [6.07, 6.45) is 4.96. The van der Waals surface area contributed by atoms with E-state index in [1.807, 2.05) is 19.1 Å². The van der Waals surface area contributed by atoms with E-state index in [9.17, 15) is 8.42 Å². The number of rotatable bonds is 5. The molecule has 1 aliphatic rings. The molecule has 0 spiro atoms. The number of hydrogen-bond donors (Lipinski definition) is 1. The molecule has 3 aromatic heterocycles. The van der Waals surface area contributed by atoms with Crippen LogP contribution in [0.4, 0.5) is 11.6 Å². The zero-order chi connectivity index (χ0) is 21.3. The summed E-state index contributed by atoms with van der Waals surface area (Å²) < 4.78 is 33.0. The molecule has 0 radical (unpaired) electrons.